The third kappa shape index (κ3) is 2.27. The highest BCUT2D eigenvalue weighted by molar-refractivity contribution is 7.10. The number of thiophene rings is 1. The summed E-state index contributed by atoms with van der Waals surface area (Å²) in [5.74, 6) is -0.610. The molecule has 2 atom stereocenters. The van der Waals surface area contributed by atoms with Crippen LogP contribution in [0.1, 0.15) is 11.0 Å². The van der Waals surface area contributed by atoms with Crippen LogP contribution in [0.2, 0.25) is 0 Å². The van der Waals surface area contributed by atoms with E-state index >= 15 is 0 Å². The Morgan fingerprint density at radius 1 is 1.77 bits per heavy atom. The number of carbonyl (C=O) groups excluding carboxylic acids is 1. The maximum atomic E-state index is 10.9. The molecule has 4 nitrogen and oxygen atoms in total. The number of hydrogen-bond acceptors (Lipinski definition) is 5. The molecule has 0 saturated heterocycles. The summed E-state index contributed by atoms with van der Waals surface area (Å²) in [4.78, 5) is 11.6. The molecule has 0 saturated carbocycles. The zero-order valence-electron chi connectivity index (χ0n) is 7.14. The molecule has 0 radical (unpaired) electrons. The van der Waals surface area contributed by atoms with Crippen molar-refractivity contribution in [2.75, 3.05) is 7.11 Å². The molecule has 72 valence electrons. The van der Waals surface area contributed by atoms with Crippen LogP contribution in [0.15, 0.2) is 17.5 Å². The molecular formula is C8H11NO3S. The minimum absolute atomic E-state index is 0.610. The van der Waals surface area contributed by atoms with Crippen molar-refractivity contribution in [1.82, 2.24) is 0 Å². The van der Waals surface area contributed by atoms with Crippen molar-refractivity contribution in [3.8, 4) is 0 Å². The van der Waals surface area contributed by atoms with Crippen LogP contribution in [0, 0.1) is 0 Å². The van der Waals surface area contributed by atoms with E-state index in [1.165, 1.54) is 18.4 Å². The Balaban J connectivity index is 2.68. The van der Waals surface area contributed by atoms with Crippen molar-refractivity contribution in [1.29, 1.82) is 0 Å². The molecule has 1 aromatic heterocycles. The highest BCUT2D eigenvalue weighted by atomic mass is 32.1. The first-order chi connectivity index (χ1) is 6.16. The molecule has 5 heteroatoms. The van der Waals surface area contributed by atoms with Gasteiger partial charge in [0.05, 0.1) is 7.11 Å². The number of rotatable bonds is 3. The maximum absolute atomic E-state index is 10.9. The summed E-state index contributed by atoms with van der Waals surface area (Å²) in [6.45, 7) is 0. The quantitative estimate of drug-likeness (QED) is 0.689. The standard InChI is InChI=1S/C8H11NO3S/c1-12-8(11)6(9)7(10)5-3-2-4-13-5/h2-4,6-7,10H,9H2,1H3/t6-,7+/m1/s1. The normalized spacial score (nSPS) is 15.0. The molecule has 0 aliphatic rings. The molecule has 1 aromatic rings. The van der Waals surface area contributed by atoms with E-state index in [2.05, 4.69) is 4.74 Å². The molecule has 0 amide bonds. The Bertz CT molecular complexity index is 273. The van der Waals surface area contributed by atoms with Crippen molar-refractivity contribution in [2.45, 2.75) is 12.1 Å². The van der Waals surface area contributed by atoms with Gasteiger partial charge in [0.15, 0.2) is 0 Å². The number of hydrogen-bond donors (Lipinski definition) is 2. The van der Waals surface area contributed by atoms with Crippen LogP contribution in [0.25, 0.3) is 0 Å². The predicted octanol–water partition coefficient (Wildman–Crippen LogP) is 0.282. The van der Waals surface area contributed by atoms with Gasteiger partial charge in [-0.05, 0) is 11.4 Å². The second-order valence-electron chi connectivity index (χ2n) is 2.51. The van der Waals surface area contributed by atoms with Gasteiger partial charge in [-0.25, -0.2) is 0 Å². The summed E-state index contributed by atoms with van der Waals surface area (Å²) in [7, 11) is 1.24. The van der Waals surface area contributed by atoms with Gasteiger partial charge in [-0.2, -0.15) is 0 Å². The largest absolute Gasteiger partial charge is 0.468 e. The van der Waals surface area contributed by atoms with Crippen molar-refractivity contribution < 1.29 is 14.6 Å². The van der Waals surface area contributed by atoms with Gasteiger partial charge in [-0.15, -0.1) is 11.3 Å². The van der Waals surface area contributed by atoms with Gasteiger partial charge in [-0.1, -0.05) is 6.07 Å². The fraction of sp³-hybridized carbons (Fsp3) is 0.375. The van der Waals surface area contributed by atoms with E-state index in [4.69, 9.17) is 5.73 Å². The maximum Gasteiger partial charge on any atom is 0.325 e. The lowest BCUT2D eigenvalue weighted by atomic mass is 10.1. The number of aliphatic hydroxyl groups excluding tert-OH is 1. The van der Waals surface area contributed by atoms with Crippen LogP contribution in [0.5, 0.6) is 0 Å². The first-order valence-electron chi connectivity index (χ1n) is 3.71. The van der Waals surface area contributed by atoms with Gasteiger partial charge in [-0.3, -0.25) is 4.79 Å². The summed E-state index contributed by atoms with van der Waals surface area (Å²) < 4.78 is 4.41. The number of nitrogens with two attached hydrogens (primary N) is 1. The van der Waals surface area contributed by atoms with Crippen LogP contribution in [-0.2, 0) is 9.53 Å². The smallest absolute Gasteiger partial charge is 0.325 e. The molecule has 0 aliphatic heterocycles. The number of esters is 1. The van der Waals surface area contributed by atoms with Gasteiger partial charge in [0.1, 0.15) is 12.1 Å². The van der Waals surface area contributed by atoms with E-state index in [1.54, 1.807) is 12.1 Å². The van der Waals surface area contributed by atoms with Crippen molar-refractivity contribution in [3.05, 3.63) is 22.4 Å². The Labute approximate surface area is 79.9 Å². The van der Waals surface area contributed by atoms with Crippen LogP contribution < -0.4 is 5.73 Å². The van der Waals surface area contributed by atoms with Gasteiger partial charge < -0.3 is 15.6 Å². The first-order valence-corrected chi connectivity index (χ1v) is 4.59. The van der Waals surface area contributed by atoms with E-state index in [-0.39, 0.29) is 0 Å². The molecule has 0 fully saturated rings. The topological polar surface area (TPSA) is 72.5 Å². The summed E-state index contributed by atoms with van der Waals surface area (Å²) in [6.07, 6.45) is -0.979. The molecule has 0 bridgehead atoms. The average Bonchev–Trinajstić information content (AvgIpc) is 2.67. The van der Waals surface area contributed by atoms with Gasteiger partial charge >= 0.3 is 5.97 Å². The van der Waals surface area contributed by atoms with Crippen LogP contribution in [0.4, 0.5) is 0 Å². The summed E-state index contributed by atoms with van der Waals surface area (Å²) >= 11 is 1.35. The monoisotopic (exact) mass is 201 g/mol. The third-order valence-corrected chi connectivity index (χ3v) is 2.59. The SMILES string of the molecule is COC(=O)[C@H](N)[C@@H](O)c1cccs1. The second kappa shape index (κ2) is 4.36. The number of methoxy groups -OCH3 is 1. The van der Waals surface area contributed by atoms with Crippen molar-refractivity contribution in [3.63, 3.8) is 0 Å². The fourth-order valence-corrected chi connectivity index (χ4v) is 1.66. The Hall–Kier alpha value is -0.910. The predicted molar refractivity (Wildman–Crippen MR) is 49.3 cm³/mol. The lowest BCUT2D eigenvalue weighted by Crippen LogP contribution is -2.37. The second-order valence-corrected chi connectivity index (χ2v) is 3.49. The van der Waals surface area contributed by atoms with Crippen molar-refractivity contribution >= 4 is 17.3 Å². The van der Waals surface area contributed by atoms with Crippen molar-refractivity contribution in [2.24, 2.45) is 5.73 Å². The van der Waals surface area contributed by atoms with Crippen LogP contribution >= 0.6 is 11.3 Å². The molecule has 0 spiro atoms. The highest BCUT2D eigenvalue weighted by Crippen LogP contribution is 2.21. The number of ether oxygens (including phenoxy) is 1. The molecule has 0 unspecified atom stereocenters. The molecular weight excluding hydrogens is 190 g/mol. The van der Waals surface area contributed by atoms with Gasteiger partial charge in [0, 0.05) is 4.88 Å². The molecule has 13 heavy (non-hydrogen) atoms. The van der Waals surface area contributed by atoms with E-state index < -0.39 is 18.1 Å². The minimum Gasteiger partial charge on any atom is -0.468 e. The Morgan fingerprint density at radius 3 is 2.92 bits per heavy atom. The molecule has 1 heterocycles. The Morgan fingerprint density at radius 2 is 2.46 bits per heavy atom. The van der Waals surface area contributed by atoms with E-state index in [0.717, 1.165) is 0 Å². The van der Waals surface area contributed by atoms with E-state index in [0.29, 0.717) is 4.88 Å². The summed E-state index contributed by atoms with van der Waals surface area (Å²) in [6, 6.07) is 2.49. The Kier molecular flexibility index (Phi) is 3.41. The van der Waals surface area contributed by atoms with E-state index in [9.17, 15) is 9.90 Å². The zero-order chi connectivity index (χ0) is 9.84. The van der Waals surface area contributed by atoms with Gasteiger partial charge in [0.2, 0.25) is 0 Å². The van der Waals surface area contributed by atoms with Crippen LogP contribution in [-0.4, -0.2) is 24.2 Å². The zero-order valence-corrected chi connectivity index (χ0v) is 7.95. The van der Waals surface area contributed by atoms with E-state index in [1.807, 2.05) is 5.38 Å². The summed E-state index contributed by atoms with van der Waals surface area (Å²) in [5, 5.41) is 11.4. The number of carbonyl (C=O) groups is 1. The van der Waals surface area contributed by atoms with Crippen LogP contribution in [0.3, 0.4) is 0 Å². The lowest BCUT2D eigenvalue weighted by Gasteiger charge is -2.14. The molecule has 0 aromatic carbocycles. The van der Waals surface area contributed by atoms with Gasteiger partial charge in [0.25, 0.3) is 0 Å². The molecule has 3 N–H and O–H groups in total. The fourth-order valence-electron chi connectivity index (χ4n) is 0.902. The minimum atomic E-state index is -1.01. The average molecular weight is 201 g/mol. The lowest BCUT2D eigenvalue weighted by molar-refractivity contribution is -0.144. The first kappa shape index (κ1) is 10.2. The third-order valence-electron chi connectivity index (χ3n) is 1.65. The summed E-state index contributed by atoms with van der Waals surface area (Å²) in [5.41, 5.74) is 5.44. The molecule has 1 rings (SSSR count). The highest BCUT2D eigenvalue weighted by Gasteiger charge is 2.25. The molecule has 0 aliphatic carbocycles. The number of aliphatic hydroxyl groups is 1.